The van der Waals surface area contributed by atoms with Gasteiger partial charge in [-0.3, -0.25) is 4.79 Å². The number of hydrogen-bond donors (Lipinski definition) is 2. The van der Waals surface area contributed by atoms with Gasteiger partial charge in [0.2, 0.25) is 0 Å². The van der Waals surface area contributed by atoms with Crippen LogP contribution in [0.5, 0.6) is 0 Å². The Morgan fingerprint density at radius 2 is 1.61 bits per heavy atom. The second-order valence-electron chi connectivity index (χ2n) is 6.36. The highest BCUT2D eigenvalue weighted by molar-refractivity contribution is 6.40. The van der Waals surface area contributed by atoms with Crippen molar-refractivity contribution in [1.29, 1.82) is 0 Å². The highest BCUT2D eigenvalue weighted by atomic mass is 19.1. The van der Waals surface area contributed by atoms with Gasteiger partial charge in [0.1, 0.15) is 11.6 Å². The molecule has 0 unspecified atom stereocenters. The van der Waals surface area contributed by atoms with Crippen LogP contribution in [0.4, 0.5) is 4.39 Å². The highest BCUT2D eigenvalue weighted by Crippen LogP contribution is 2.31. The number of Topliss-reactive ketones (excluding diaryl/α,β-unsaturated/α-hetero) is 1. The van der Waals surface area contributed by atoms with Gasteiger partial charge in [-0.1, -0.05) is 42.5 Å². The van der Waals surface area contributed by atoms with Gasteiger partial charge in [0, 0.05) is 35.6 Å². The van der Waals surface area contributed by atoms with Gasteiger partial charge in [0.15, 0.2) is 0 Å². The zero-order valence-electron chi connectivity index (χ0n) is 15.1. The van der Waals surface area contributed by atoms with Gasteiger partial charge in [-0.25, -0.2) is 9.18 Å². The zero-order chi connectivity index (χ0) is 20.3. The Bertz CT molecular complexity index is 1050. The fraction of sp³-hybridized carbons (Fsp3) is 0.0909. The van der Waals surface area contributed by atoms with Crippen LogP contribution in [-0.4, -0.2) is 26.5 Å². The third kappa shape index (κ3) is 4.01. The molecule has 3 rings (SSSR count). The van der Waals surface area contributed by atoms with E-state index in [-0.39, 0.29) is 17.1 Å². The first-order chi connectivity index (χ1) is 13.4. The number of nitrogens with zero attached hydrogens (tertiary/aromatic N) is 1. The minimum Gasteiger partial charge on any atom is -0.507 e. The number of rotatable bonds is 6. The van der Waals surface area contributed by atoms with E-state index in [0.29, 0.717) is 17.7 Å². The van der Waals surface area contributed by atoms with Crippen molar-refractivity contribution in [3.63, 3.8) is 0 Å². The summed E-state index contributed by atoms with van der Waals surface area (Å²) >= 11 is 0. The van der Waals surface area contributed by atoms with Crippen LogP contribution >= 0.6 is 0 Å². The summed E-state index contributed by atoms with van der Waals surface area (Å²) in [6.45, 7) is 1.69. The fourth-order valence-electron chi connectivity index (χ4n) is 2.91. The maximum atomic E-state index is 13.1. The lowest BCUT2D eigenvalue weighted by atomic mass is 10.0. The molecule has 2 aromatic carbocycles. The van der Waals surface area contributed by atoms with Crippen molar-refractivity contribution in [3.05, 3.63) is 89.5 Å². The number of aliphatic hydroxyl groups excluding tert-OH is 1. The summed E-state index contributed by atoms with van der Waals surface area (Å²) in [6.07, 6.45) is 3.43. The number of halogens is 1. The van der Waals surface area contributed by atoms with Crippen LogP contribution in [0.1, 0.15) is 18.1 Å². The number of carbonyl (C=O) groups is 2. The number of aromatic nitrogens is 1. The number of carboxylic acid groups (broad SMARTS) is 1. The Morgan fingerprint density at radius 3 is 2.21 bits per heavy atom. The SMILES string of the molecule is CC(C(=O)C(=O)O)=C(O)c1cn(Cc2ccc(F)cc2)cc1-c1ccccc1. The first kappa shape index (κ1) is 19.1. The molecule has 6 heteroatoms. The van der Waals surface area contributed by atoms with Gasteiger partial charge in [-0.2, -0.15) is 0 Å². The van der Waals surface area contributed by atoms with Crippen LogP contribution in [-0.2, 0) is 16.1 Å². The second kappa shape index (κ2) is 7.92. The van der Waals surface area contributed by atoms with E-state index in [1.54, 1.807) is 29.1 Å². The molecule has 0 radical (unpaired) electrons. The monoisotopic (exact) mass is 379 g/mol. The summed E-state index contributed by atoms with van der Waals surface area (Å²) in [7, 11) is 0. The lowest BCUT2D eigenvalue weighted by Crippen LogP contribution is -2.14. The van der Waals surface area contributed by atoms with Crippen molar-refractivity contribution in [3.8, 4) is 11.1 Å². The lowest BCUT2D eigenvalue weighted by Gasteiger charge is -2.06. The molecule has 0 fully saturated rings. The Labute approximate surface area is 161 Å². The molecular formula is C22H18FNO4. The van der Waals surface area contributed by atoms with Crippen molar-refractivity contribution in [2.75, 3.05) is 0 Å². The first-order valence-electron chi connectivity index (χ1n) is 8.54. The molecule has 0 spiro atoms. The van der Waals surface area contributed by atoms with Crippen molar-refractivity contribution in [1.82, 2.24) is 4.57 Å². The highest BCUT2D eigenvalue weighted by Gasteiger charge is 2.22. The molecule has 1 heterocycles. The minimum atomic E-state index is -1.63. The Kier molecular flexibility index (Phi) is 5.40. The number of carbonyl (C=O) groups excluding carboxylic acids is 1. The molecular weight excluding hydrogens is 361 g/mol. The van der Waals surface area contributed by atoms with Crippen LogP contribution in [0.15, 0.2) is 72.6 Å². The predicted molar refractivity (Wildman–Crippen MR) is 103 cm³/mol. The van der Waals surface area contributed by atoms with Gasteiger partial charge < -0.3 is 14.8 Å². The van der Waals surface area contributed by atoms with Crippen LogP contribution in [0.3, 0.4) is 0 Å². The zero-order valence-corrected chi connectivity index (χ0v) is 15.1. The Balaban J connectivity index is 2.08. The molecule has 28 heavy (non-hydrogen) atoms. The normalized spacial score (nSPS) is 11.8. The third-order valence-corrected chi connectivity index (χ3v) is 4.39. The molecule has 142 valence electrons. The average Bonchev–Trinajstić information content (AvgIpc) is 3.12. The van der Waals surface area contributed by atoms with Crippen LogP contribution in [0.25, 0.3) is 16.9 Å². The van der Waals surface area contributed by atoms with Crippen LogP contribution in [0, 0.1) is 5.82 Å². The lowest BCUT2D eigenvalue weighted by molar-refractivity contribution is -0.147. The number of aliphatic carboxylic acids is 1. The summed E-state index contributed by atoms with van der Waals surface area (Å²) in [5.41, 5.74) is 2.41. The van der Waals surface area contributed by atoms with E-state index in [9.17, 15) is 19.1 Å². The molecule has 0 bridgehead atoms. The molecule has 0 amide bonds. The van der Waals surface area contributed by atoms with E-state index >= 15 is 0 Å². The molecule has 1 aromatic heterocycles. The summed E-state index contributed by atoms with van der Waals surface area (Å²) < 4.78 is 14.9. The van der Waals surface area contributed by atoms with E-state index in [1.807, 2.05) is 30.3 Å². The van der Waals surface area contributed by atoms with Gasteiger partial charge in [0.05, 0.1) is 0 Å². The number of aliphatic hydroxyl groups is 1. The molecule has 0 aliphatic carbocycles. The number of carboxylic acids is 1. The van der Waals surface area contributed by atoms with Crippen molar-refractivity contribution in [2.24, 2.45) is 0 Å². The van der Waals surface area contributed by atoms with Gasteiger partial charge in [-0.15, -0.1) is 0 Å². The molecule has 0 saturated carbocycles. The van der Waals surface area contributed by atoms with E-state index < -0.39 is 11.8 Å². The van der Waals surface area contributed by atoms with Gasteiger partial charge in [-0.05, 0) is 30.2 Å². The summed E-state index contributed by atoms with van der Waals surface area (Å²) in [5, 5.41) is 19.5. The maximum Gasteiger partial charge on any atom is 0.377 e. The molecule has 2 N–H and O–H groups in total. The molecule has 5 nitrogen and oxygen atoms in total. The van der Waals surface area contributed by atoms with Gasteiger partial charge >= 0.3 is 5.97 Å². The molecule has 0 aliphatic heterocycles. The van der Waals surface area contributed by atoms with Crippen molar-refractivity contribution >= 4 is 17.5 Å². The van der Waals surface area contributed by atoms with Crippen molar-refractivity contribution in [2.45, 2.75) is 13.5 Å². The number of hydrogen-bond acceptors (Lipinski definition) is 3. The fourth-order valence-corrected chi connectivity index (χ4v) is 2.91. The molecule has 0 atom stereocenters. The van der Waals surface area contributed by atoms with E-state index in [4.69, 9.17) is 5.11 Å². The summed E-state index contributed by atoms with van der Waals surface area (Å²) in [5.74, 6) is -3.51. The van der Waals surface area contributed by atoms with E-state index in [0.717, 1.165) is 11.1 Å². The number of ketones is 1. The van der Waals surface area contributed by atoms with Gasteiger partial charge in [0.25, 0.3) is 5.78 Å². The largest absolute Gasteiger partial charge is 0.507 e. The molecule has 3 aromatic rings. The second-order valence-corrected chi connectivity index (χ2v) is 6.36. The minimum absolute atomic E-state index is 0.246. The first-order valence-corrected chi connectivity index (χ1v) is 8.54. The third-order valence-electron chi connectivity index (χ3n) is 4.39. The molecule has 0 saturated heterocycles. The summed E-state index contributed by atoms with van der Waals surface area (Å²) in [4.78, 5) is 22.8. The number of benzene rings is 2. The maximum absolute atomic E-state index is 13.1. The topological polar surface area (TPSA) is 79.5 Å². The van der Waals surface area contributed by atoms with E-state index in [2.05, 4.69) is 0 Å². The average molecular weight is 379 g/mol. The predicted octanol–water partition coefficient (Wildman–Crippen LogP) is 4.29. The molecule has 0 aliphatic rings. The summed E-state index contributed by atoms with van der Waals surface area (Å²) in [6, 6.07) is 15.3. The van der Waals surface area contributed by atoms with Crippen LogP contribution < -0.4 is 0 Å². The van der Waals surface area contributed by atoms with E-state index in [1.165, 1.54) is 19.1 Å². The standard InChI is InChI=1S/C22H18FNO4/c1-14(21(26)22(27)28)20(25)19-13-24(11-15-7-9-17(23)10-8-15)12-18(19)16-5-3-2-4-6-16/h2-10,12-13,25H,11H2,1H3,(H,27,28). The smallest absolute Gasteiger partial charge is 0.377 e. The Morgan fingerprint density at radius 1 is 0.964 bits per heavy atom. The van der Waals surface area contributed by atoms with Crippen LogP contribution in [0.2, 0.25) is 0 Å². The van der Waals surface area contributed by atoms with Crippen molar-refractivity contribution < 1.29 is 24.2 Å². The quantitative estimate of drug-likeness (QED) is 0.380. The Hall–Kier alpha value is -3.67.